The zero-order valence-electron chi connectivity index (χ0n) is 12.0. The quantitative estimate of drug-likeness (QED) is 0.419. The van der Waals surface area contributed by atoms with Gasteiger partial charge in [-0.25, -0.2) is 0 Å². The van der Waals surface area contributed by atoms with Gasteiger partial charge in [0.05, 0.1) is 22.2 Å². The lowest BCUT2D eigenvalue weighted by Gasteiger charge is -2.16. The minimum absolute atomic E-state index is 0.275. The maximum absolute atomic E-state index is 10.7. The van der Waals surface area contributed by atoms with Crippen molar-refractivity contribution in [3.05, 3.63) is 17.0 Å². The topological polar surface area (TPSA) is 83.9 Å². The second-order valence-electron chi connectivity index (χ2n) is 4.75. The zero-order chi connectivity index (χ0) is 16.2. The van der Waals surface area contributed by atoms with Crippen LogP contribution in [0, 0.1) is 0 Å². The average Bonchev–Trinajstić information content (AvgIpc) is 2.99. The third-order valence-electron chi connectivity index (χ3n) is 2.97. The van der Waals surface area contributed by atoms with E-state index in [9.17, 15) is 13.2 Å². The molecule has 1 N–H and O–H groups in total. The summed E-state index contributed by atoms with van der Waals surface area (Å²) >= 11 is 3.10. The molecule has 9 heteroatoms. The fraction of sp³-hybridized carbons (Fsp3) is 0.462. The molecule has 6 nitrogen and oxygen atoms in total. The third-order valence-corrected chi connectivity index (χ3v) is 6.11. The van der Waals surface area contributed by atoms with Crippen LogP contribution in [0.15, 0.2) is 12.1 Å². The van der Waals surface area contributed by atoms with E-state index < -0.39 is 10.1 Å². The molecule has 0 unspecified atom stereocenters. The van der Waals surface area contributed by atoms with Crippen molar-refractivity contribution in [1.29, 1.82) is 0 Å². The van der Waals surface area contributed by atoms with Crippen LogP contribution >= 0.6 is 22.7 Å². The Hall–Kier alpha value is -1.00. The number of aldehydes is 1. The number of likely N-dealkylation sites (N-methyl/N-ethyl adjacent to an activating group) is 1. The molecule has 0 aliphatic carbocycles. The summed E-state index contributed by atoms with van der Waals surface area (Å²) in [5, 5.41) is 1.10. The van der Waals surface area contributed by atoms with Gasteiger partial charge in [-0.2, -0.15) is 8.42 Å². The van der Waals surface area contributed by atoms with Crippen molar-refractivity contribution in [3.63, 3.8) is 0 Å². The van der Waals surface area contributed by atoms with E-state index in [-0.39, 0.29) is 12.2 Å². The van der Waals surface area contributed by atoms with Gasteiger partial charge in [-0.05, 0) is 18.6 Å². The summed E-state index contributed by atoms with van der Waals surface area (Å²) in [6.07, 6.45) is 1.15. The van der Waals surface area contributed by atoms with E-state index in [1.807, 2.05) is 13.1 Å². The molecule has 0 saturated heterocycles. The average molecular weight is 363 g/mol. The fourth-order valence-corrected chi connectivity index (χ4v) is 4.53. The summed E-state index contributed by atoms with van der Waals surface area (Å²) in [5.74, 6) is -0.275. The number of carbonyl (C=O) groups is 1. The monoisotopic (exact) mass is 363 g/mol. The molecule has 2 heterocycles. The number of carbonyl (C=O) groups excluding carboxylic acids is 1. The molecule has 0 aromatic carbocycles. The van der Waals surface area contributed by atoms with Crippen molar-refractivity contribution in [2.75, 3.05) is 37.5 Å². The first-order chi connectivity index (χ1) is 10.4. The van der Waals surface area contributed by atoms with Crippen LogP contribution in [0.2, 0.25) is 0 Å². The number of rotatable bonds is 9. The highest BCUT2D eigenvalue weighted by atomic mass is 32.2. The lowest BCUT2D eigenvalue weighted by Crippen LogP contribution is -2.22. The molecule has 0 aliphatic rings. The van der Waals surface area contributed by atoms with Gasteiger partial charge >= 0.3 is 0 Å². The molecule has 2 aromatic rings. The van der Waals surface area contributed by atoms with Gasteiger partial charge in [0.1, 0.15) is 0 Å². The number of thiophene rings is 2. The van der Waals surface area contributed by atoms with E-state index in [1.54, 1.807) is 11.3 Å². The molecule has 0 saturated carbocycles. The molecule has 0 bridgehead atoms. The Labute approximate surface area is 137 Å². The number of hydrogen-bond acceptors (Lipinski definition) is 7. The van der Waals surface area contributed by atoms with Crippen molar-refractivity contribution < 1.29 is 22.5 Å². The molecular formula is C13H17NO5S3. The lowest BCUT2D eigenvalue weighted by atomic mass is 10.4. The van der Waals surface area contributed by atoms with Crippen molar-refractivity contribution >= 4 is 53.5 Å². The summed E-state index contributed by atoms with van der Waals surface area (Å²) in [5.41, 5.74) is 0. The summed E-state index contributed by atoms with van der Waals surface area (Å²) in [6.45, 7) is 1.46. The molecule has 2 aromatic heterocycles. The van der Waals surface area contributed by atoms with Crippen molar-refractivity contribution in [2.24, 2.45) is 0 Å². The number of ether oxygens (including phenoxy) is 1. The van der Waals surface area contributed by atoms with Gasteiger partial charge < -0.3 is 9.64 Å². The van der Waals surface area contributed by atoms with Gasteiger partial charge in [0.25, 0.3) is 10.1 Å². The Bertz CT molecular complexity index is 703. The van der Waals surface area contributed by atoms with Crippen LogP contribution < -0.4 is 4.90 Å². The van der Waals surface area contributed by atoms with Crippen LogP contribution in [0.1, 0.15) is 16.1 Å². The SMILES string of the molecule is CN(CCOCCCS(=O)(=O)O)c1cc2sc(C=O)cc2s1. The van der Waals surface area contributed by atoms with Gasteiger partial charge in [0.2, 0.25) is 0 Å². The van der Waals surface area contributed by atoms with Crippen molar-refractivity contribution in [2.45, 2.75) is 6.42 Å². The first kappa shape index (κ1) is 17.4. The largest absolute Gasteiger partial charge is 0.380 e. The molecule has 22 heavy (non-hydrogen) atoms. The summed E-state index contributed by atoms with van der Waals surface area (Å²) in [7, 11) is -1.94. The van der Waals surface area contributed by atoms with Gasteiger partial charge in [0.15, 0.2) is 6.29 Å². The van der Waals surface area contributed by atoms with Crippen molar-refractivity contribution in [3.8, 4) is 0 Å². The van der Waals surface area contributed by atoms with E-state index >= 15 is 0 Å². The molecule has 0 aliphatic heterocycles. The molecule has 0 atom stereocenters. The molecule has 0 fully saturated rings. The summed E-state index contributed by atoms with van der Waals surface area (Å²) < 4.78 is 37.2. The van der Waals surface area contributed by atoms with Crippen LogP contribution in [-0.2, 0) is 14.9 Å². The molecule has 0 radical (unpaired) electrons. The van der Waals surface area contributed by atoms with Gasteiger partial charge in [-0.15, -0.1) is 22.7 Å². The second-order valence-corrected chi connectivity index (χ2v) is 8.50. The third kappa shape index (κ3) is 5.03. The smallest absolute Gasteiger partial charge is 0.264 e. The predicted molar refractivity (Wildman–Crippen MR) is 90.2 cm³/mol. The molecule has 0 amide bonds. The van der Waals surface area contributed by atoms with Crippen LogP contribution in [0.5, 0.6) is 0 Å². The summed E-state index contributed by atoms with van der Waals surface area (Å²) in [6, 6.07) is 3.94. The predicted octanol–water partition coefficient (Wildman–Crippen LogP) is 2.51. The minimum atomic E-state index is -3.90. The normalized spacial score (nSPS) is 11.9. The maximum atomic E-state index is 10.7. The Kier molecular flexibility index (Phi) is 5.93. The first-order valence-electron chi connectivity index (χ1n) is 6.61. The Morgan fingerprint density at radius 3 is 2.64 bits per heavy atom. The van der Waals surface area contributed by atoms with E-state index in [1.165, 1.54) is 11.3 Å². The van der Waals surface area contributed by atoms with E-state index in [4.69, 9.17) is 9.29 Å². The van der Waals surface area contributed by atoms with Crippen LogP contribution in [0.4, 0.5) is 5.00 Å². The van der Waals surface area contributed by atoms with Gasteiger partial charge in [-0.1, -0.05) is 0 Å². The van der Waals surface area contributed by atoms with Crippen LogP contribution in [0.25, 0.3) is 9.40 Å². The molecular weight excluding hydrogens is 346 g/mol. The fourth-order valence-electron chi connectivity index (χ4n) is 1.84. The van der Waals surface area contributed by atoms with Gasteiger partial charge in [0, 0.05) is 29.6 Å². The first-order valence-corrected chi connectivity index (χ1v) is 9.86. The minimum Gasteiger partial charge on any atom is -0.380 e. The van der Waals surface area contributed by atoms with Crippen molar-refractivity contribution in [1.82, 2.24) is 0 Å². The lowest BCUT2D eigenvalue weighted by molar-refractivity contribution is 0.112. The summed E-state index contributed by atoms with van der Waals surface area (Å²) in [4.78, 5) is 13.5. The number of hydrogen-bond donors (Lipinski definition) is 1. The highest BCUT2D eigenvalue weighted by molar-refractivity contribution is 7.85. The van der Waals surface area contributed by atoms with Gasteiger partial charge in [-0.3, -0.25) is 9.35 Å². The van der Waals surface area contributed by atoms with E-state index in [0.717, 1.165) is 25.6 Å². The number of nitrogens with zero attached hydrogens (tertiary/aromatic N) is 1. The van der Waals surface area contributed by atoms with Crippen LogP contribution in [-0.4, -0.2) is 51.8 Å². The Balaban J connectivity index is 1.75. The highest BCUT2D eigenvalue weighted by Crippen LogP contribution is 2.36. The maximum Gasteiger partial charge on any atom is 0.264 e. The Morgan fingerprint density at radius 2 is 2.00 bits per heavy atom. The molecule has 2 rings (SSSR count). The standard InChI is InChI=1S/C13H17NO5S3/c1-14(3-5-19-4-2-6-22(16,17)18)13-8-12-11(21-13)7-10(9-15)20-12/h7-9H,2-6H2,1H3,(H,16,17,18). The highest BCUT2D eigenvalue weighted by Gasteiger charge is 2.10. The number of anilines is 1. The van der Waals surface area contributed by atoms with Crippen LogP contribution in [0.3, 0.4) is 0 Å². The molecule has 122 valence electrons. The molecule has 0 spiro atoms. The zero-order valence-corrected chi connectivity index (χ0v) is 14.5. The van der Waals surface area contributed by atoms with E-state index in [2.05, 4.69) is 11.0 Å². The number of fused-ring (bicyclic) bond motifs is 1. The van der Waals surface area contributed by atoms with E-state index in [0.29, 0.717) is 19.8 Å². The second kappa shape index (κ2) is 7.51. The Morgan fingerprint density at radius 1 is 1.27 bits per heavy atom.